The van der Waals surface area contributed by atoms with Gasteiger partial charge in [-0.25, -0.2) is 4.39 Å². The van der Waals surface area contributed by atoms with Crippen LogP contribution in [-0.2, 0) is 0 Å². The second-order valence-electron chi connectivity index (χ2n) is 16.3. The molecule has 17 nitrogen and oxygen atoms in total. The first kappa shape index (κ1) is 70.4. The fourth-order valence-corrected chi connectivity index (χ4v) is 6.64. The van der Waals surface area contributed by atoms with Gasteiger partial charge in [0.1, 0.15) is 5.82 Å². The molecule has 72 heavy (non-hydrogen) atoms. The van der Waals surface area contributed by atoms with Crippen LogP contribution in [0.25, 0.3) is 0 Å². The van der Waals surface area contributed by atoms with Crippen molar-refractivity contribution in [3.63, 3.8) is 0 Å². The third-order valence-corrected chi connectivity index (χ3v) is 10.6. The van der Waals surface area contributed by atoms with E-state index >= 15 is 0 Å². The summed E-state index contributed by atoms with van der Waals surface area (Å²) in [6.07, 6.45) is 9.94. The van der Waals surface area contributed by atoms with E-state index in [0.717, 1.165) is 130 Å². The lowest BCUT2D eigenvalue weighted by molar-refractivity contribution is -0.385. The van der Waals surface area contributed by atoms with Crippen LogP contribution in [0.3, 0.4) is 0 Å². The van der Waals surface area contributed by atoms with Crippen LogP contribution >= 0.6 is 49.6 Å². The number of rotatable bonds is 23. The number of nitro groups is 3. The number of hydrogen-bond acceptors (Lipinski definition) is 14. The van der Waals surface area contributed by atoms with Gasteiger partial charge in [0, 0.05) is 96.7 Å². The average molecular weight is 1090 g/mol. The summed E-state index contributed by atoms with van der Waals surface area (Å²) in [6, 6.07) is 25.1. The van der Waals surface area contributed by atoms with Gasteiger partial charge >= 0.3 is 0 Å². The quantitative estimate of drug-likeness (QED) is 0.0131. The fraction of sp³-hybridized carbons (Fsp3) is 0.400. The molecule has 0 atom stereocenters. The van der Waals surface area contributed by atoms with Crippen LogP contribution in [0.4, 0.5) is 55.6 Å². The summed E-state index contributed by atoms with van der Waals surface area (Å²) in [6.45, 7) is 14.6. The first-order valence-corrected chi connectivity index (χ1v) is 23.0. The second-order valence-corrected chi connectivity index (χ2v) is 16.3. The Morgan fingerprint density at radius 3 is 0.931 bits per heavy atom. The number of unbranched alkanes of at least 4 members (excludes halogenated alkanes) is 6. The zero-order valence-electron chi connectivity index (χ0n) is 41.9. The van der Waals surface area contributed by atoms with E-state index < -0.39 is 20.6 Å². The molecule has 0 saturated carbocycles. The number of nitrogen functional groups attached to an aromatic ring is 2. The molecule has 5 rings (SSSR count). The number of anilines is 6. The predicted octanol–water partition coefficient (Wildman–Crippen LogP) is 12.8. The first-order chi connectivity index (χ1) is 32.5. The summed E-state index contributed by atoms with van der Waals surface area (Å²) in [5.41, 5.74) is 32.3. The van der Waals surface area contributed by atoms with Crippen LogP contribution in [0.15, 0.2) is 91.0 Å². The Balaban J connectivity index is -0.000000955. The molecule has 22 heteroatoms. The monoisotopic (exact) mass is 1090 g/mol. The molecule has 0 aliphatic heterocycles. The molecule has 0 aliphatic carbocycles. The minimum absolute atomic E-state index is 0. The molecule has 0 aromatic heterocycles. The molecule has 0 heterocycles. The summed E-state index contributed by atoms with van der Waals surface area (Å²) in [5.74, 6) is -0.421. The van der Waals surface area contributed by atoms with Gasteiger partial charge in [0.25, 0.3) is 17.1 Å². The summed E-state index contributed by atoms with van der Waals surface area (Å²) < 4.78 is 12.5. The Bertz CT molecular complexity index is 2230. The molecule has 402 valence electrons. The number of non-ortho nitro benzene ring substituents is 3. The number of aryl methyl sites for hydroxylation is 5. The molecule has 0 bridgehead atoms. The van der Waals surface area contributed by atoms with Crippen molar-refractivity contribution in [3.05, 3.63) is 155 Å². The zero-order valence-corrected chi connectivity index (χ0v) is 45.1. The maximum atomic E-state index is 12.5. The number of nitrogens with two attached hydrogens (primary N) is 4. The highest BCUT2D eigenvalue weighted by atomic mass is 35.5. The standard InChI is InChI=1S/C19H24N4O4.C19H28N4.C7H6FNO2.C5H14N2.4ClH/c1-14-12-16(22(24)25)6-8-18(14)20-10-4-3-5-11-21-19-9-7-17(23(26)27)13-15(19)2;1-14-12-16(20)6-8-18(14)22-10-4-3-5-11-23-19-9-7-17(21)13-15(19)2;1-5-4-6(9(10)11)2-3-7(5)8;6-4-2-1-3-5-7;;;;/h6-9,12-13,20-21H,3-5,10-11H2,1-2H3;6-9,12-13,22-23H,3-5,10-11,20-21H2,1-2H3;2-4H,1H3;1-7H2;4*1H. The van der Waals surface area contributed by atoms with E-state index in [1.807, 2.05) is 38.1 Å². The molecular weight excluding hydrogens is 1010 g/mol. The van der Waals surface area contributed by atoms with Crippen molar-refractivity contribution in [2.24, 2.45) is 11.5 Å². The van der Waals surface area contributed by atoms with E-state index in [9.17, 15) is 34.7 Å². The van der Waals surface area contributed by atoms with Crippen molar-refractivity contribution < 1.29 is 19.2 Å². The molecule has 5 aromatic carbocycles. The highest BCUT2D eigenvalue weighted by Gasteiger charge is 2.10. The SMILES string of the molecule is Cc1cc(N)ccc1NCCCCCNc1ccc(N)cc1C.Cc1cc([N+](=O)[O-])ccc1F.Cc1cc([N+](=O)[O-])ccc1NCCCCCNc1ccc([N+](=O)[O-])cc1C.Cl.Cl.Cl.Cl.NCCCCCN. The average Bonchev–Trinajstić information content (AvgIpc) is 3.29. The van der Waals surface area contributed by atoms with E-state index in [0.29, 0.717) is 5.56 Å². The number of benzene rings is 5. The van der Waals surface area contributed by atoms with Crippen molar-refractivity contribution in [2.45, 2.75) is 92.4 Å². The predicted molar refractivity (Wildman–Crippen MR) is 307 cm³/mol. The van der Waals surface area contributed by atoms with Crippen LogP contribution in [0.5, 0.6) is 0 Å². The summed E-state index contributed by atoms with van der Waals surface area (Å²) in [5, 5.41) is 45.2. The second kappa shape index (κ2) is 39.7. The van der Waals surface area contributed by atoms with Crippen LogP contribution in [0, 0.1) is 70.8 Å². The lowest BCUT2D eigenvalue weighted by Gasteiger charge is -2.11. The van der Waals surface area contributed by atoms with Crippen LogP contribution in [-0.4, -0.2) is 54.0 Å². The molecule has 0 radical (unpaired) electrons. The molecule has 0 aliphatic rings. The molecule has 0 fully saturated rings. The number of nitrogens with zero attached hydrogens (tertiary/aromatic N) is 3. The van der Waals surface area contributed by atoms with Gasteiger partial charge in [0.2, 0.25) is 0 Å². The van der Waals surface area contributed by atoms with Gasteiger partial charge < -0.3 is 44.2 Å². The Hall–Kier alpha value is -5.89. The lowest BCUT2D eigenvalue weighted by atomic mass is 10.1. The largest absolute Gasteiger partial charge is 0.399 e. The van der Waals surface area contributed by atoms with E-state index in [4.69, 9.17) is 22.9 Å². The van der Waals surface area contributed by atoms with E-state index in [2.05, 4.69) is 47.2 Å². The van der Waals surface area contributed by atoms with Crippen LogP contribution < -0.4 is 44.2 Å². The topological polar surface area (TPSA) is 282 Å². The normalized spacial score (nSPS) is 9.67. The van der Waals surface area contributed by atoms with Crippen LogP contribution in [0.1, 0.15) is 85.6 Å². The van der Waals surface area contributed by atoms with Crippen molar-refractivity contribution in [2.75, 3.05) is 72.0 Å². The number of halogens is 5. The Morgan fingerprint density at radius 1 is 0.403 bits per heavy atom. The Labute approximate surface area is 448 Å². The maximum absolute atomic E-state index is 12.5. The number of hydrogen-bond donors (Lipinski definition) is 8. The third-order valence-electron chi connectivity index (χ3n) is 10.6. The number of nitro benzene ring substituents is 3. The van der Waals surface area contributed by atoms with Crippen molar-refractivity contribution >= 4 is 101 Å². The van der Waals surface area contributed by atoms with Gasteiger partial charge in [0.15, 0.2) is 0 Å². The fourth-order valence-electron chi connectivity index (χ4n) is 6.64. The van der Waals surface area contributed by atoms with Gasteiger partial charge in [0.05, 0.1) is 14.8 Å². The van der Waals surface area contributed by atoms with Gasteiger partial charge in [-0.05, 0) is 181 Å². The number of nitrogens with one attached hydrogen (secondary N) is 4. The summed E-state index contributed by atoms with van der Waals surface area (Å²) in [4.78, 5) is 30.3. The smallest absolute Gasteiger partial charge is 0.269 e. The maximum Gasteiger partial charge on any atom is 0.269 e. The van der Waals surface area contributed by atoms with Gasteiger partial charge in [-0.3, -0.25) is 30.3 Å². The Kier molecular flexibility index (Phi) is 38.8. The minimum Gasteiger partial charge on any atom is -0.399 e. The molecule has 0 saturated heterocycles. The van der Waals surface area contributed by atoms with Gasteiger partial charge in [-0.1, -0.05) is 6.42 Å². The molecule has 12 N–H and O–H groups in total. The molecular formula is C50H76Cl4FN11O6. The highest BCUT2D eigenvalue weighted by molar-refractivity contribution is 5.86. The molecule has 5 aromatic rings. The van der Waals surface area contributed by atoms with Gasteiger partial charge in [-0.2, -0.15) is 0 Å². The van der Waals surface area contributed by atoms with E-state index in [1.165, 1.54) is 60.5 Å². The molecule has 0 amide bonds. The minimum atomic E-state index is -0.549. The molecule has 0 unspecified atom stereocenters. The van der Waals surface area contributed by atoms with Crippen molar-refractivity contribution in [1.82, 2.24) is 0 Å². The zero-order chi connectivity index (χ0) is 50.4. The third kappa shape index (κ3) is 28.2. The van der Waals surface area contributed by atoms with E-state index in [1.54, 1.807) is 24.3 Å². The van der Waals surface area contributed by atoms with Crippen molar-refractivity contribution in [1.29, 1.82) is 0 Å². The Morgan fingerprint density at radius 2 is 0.667 bits per heavy atom. The van der Waals surface area contributed by atoms with Gasteiger partial charge in [-0.15, -0.1) is 49.6 Å². The van der Waals surface area contributed by atoms with Crippen molar-refractivity contribution in [3.8, 4) is 0 Å². The summed E-state index contributed by atoms with van der Waals surface area (Å²) in [7, 11) is 0. The highest BCUT2D eigenvalue weighted by Crippen LogP contribution is 2.23. The first-order valence-electron chi connectivity index (χ1n) is 23.0. The molecule has 0 spiro atoms. The lowest BCUT2D eigenvalue weighted by Crippen LogP contribution is -2.06. The van der Waals surface area contributed by atoms with E-state index in [-0.39, 0.29) is 66.7 Å². The van der Waals surface area contributed by atoms with Crippen LogP contribution in [0.2, 0.25) is 0 Å². The summed E-state index contributed by atoms with van der Waals surface area (Å²) >= 11 is 0.